The second kappa shape index (κ2) is 8.37. The Morgan fingerprint density at radius 2 is 1.83 bits per heavy atom. The minimum absolute atomic E-state index is 0.549. The first-order valence-electron chi connectivity index (χ1n) is 10.4. The van der Waals surface area contributed by atoms with Crippen molar-refractivity contribution in [2.45, 2.75) is 19.4 Å². The van der Waals surface area contributed by atoms with E-state index in [0.29, 0.717) is 12.0 Å². The van der Waals surface area contributed by atoms with Crippen LogP contribution in [0.5, 0.6) is 0 Å². The molecule has 2 fully saturated rings. The van der Waals surface area contributed by atoms with E-state index in [2.05, 4.69) is 60.3 Å². The van der Waals surface area contributed by atoms with Crippen LogP contribution in [-0.2, 0) is 11.2 Å². The maximum absolute atomic E-state index is 5.35. The molecule has 0 spiro atoms. The van der Waals surface area contributed by atoms with Crippen molar-refractivity contribution >= 4 is 17.3 Å². The van der Waals surface area contributed by atoms with Gasteiger partial charge in [-0.3, -0.25) is 4.90 Å². The standard InChI is InChI=1S/C21H26N8O/c1-2-16-7-17(25-21-24-15-29(26-21)19-10-22-14-23-11-19)9-18(8-16)27-3-5-28(6-4-27)20-12-30-13-20/h7-11,14-15,20H,2-6,12-13H2,1H3,(H,25,26). The molecule has 1 N–H and O–H groups in total. The Morgan fingerprint density at radius 3 is 2.53 bits per heavy atom. The lowest BCUT2D eigenvalue weighted by atomic mass is 10.1. The molecule has 0 atom stereocenters. The Bertz CT molecular complexity index is 980. The Balaban J connectivity index is 1.30. The largest absolute Gasteiger partial charge is 0.378 e. The van der Waals surface area contributed by atoms with Gasteiger partial charge in [-0.2, -0.15) is 4.98 Å². The molecular weight excluding hydrogens is 380 g/mol. The highest BCUT2D eigenvalue weighted by atomic mass is 16.5. The molecule has 3 aromatic rings. The predicted molar refractivity (Wildman–Crippen MR) is 114 cm³/mol. The van der Waals surface area contributed by atoms with E-state index in [1.165, 1.54) is 17.6 Å². The van der Waals surface area contributed by atoms with Crippen molar-refractivity contribution in [3.8, 4) is 5.69 Å². The highest BCUT2D eigenvalue weighted by molar-refractivity contribution is 5.64. The van der Waals surface area contributed by atoms with E-state index in [1.807, 2.05) is 0 Å². The zero-order chi connectivity index (χ0) is 20.3. The third-order valence-corrected chi connectivity index (χ3v) is 5.76. The zero-order valence-corrected chi connectivity index (χ0v) is 17.1. The van der Waals surface area contributed by atoms with Crippen molar-refractivity contribution in [3.63, 3.8) is 0 Å². The van der Waals surface area contributed by atoms with Gasteiger partial charge >= 0.3 is 0 Å². The maximum atomic E-state index is 5.35. The summed E-state index contributed by atoms with van der Waals surface area (Å²) >= 11 is 0. The first kappa shape index (κ1) is 19.0. The molecule has 2 aromatic heterocycles. The molecule has 0 unspecified atom stereocenters. The smallest absolute Gasteiger partial charge is 0.246 e. The van der Waals surface area contributed by atoms with E-state index in [1.54, 1.807) is 23.4 Å². The van der Waals surface area contributed by atoms with Crippen LogP contribution in [0, 0.1) is 0 Å². The molecule has 4 heterocycles. The van der Waals surface area contributed by atoms with Gasteiger partial charge in [-0.1, -0.05) is 6.92 Å². The first-order chi connectivity index (χ1) is 14.8. The van der Waals surface area contributed by atoms with Gasteiger partial charge in [0, 0.05) is 37.6 Å². The van der Waals surface area contributed by atoms with Gasteiger partial charge in [0.05, 0.1) is 31.6 Å². The van der Waals surface area contributed by atoms with E-state index < -0.39 is 0 Å². The van der Waals surface area contributed by atoms with Crippen LogP contribution >= 0.6 is 0 Å². The number of ether oxygens (including phenoxy) is 1. The van der Waals surface area contributed by atoms with Crippen molar-refractivity contribution in [2.75, 3.05) is 49.6 Å². The SMILES string of the molecule is CCc1cc(Nc2ncn(-c3cncnc3)n2)cc(N2CCN(C3COC3)CC2)c1. The molecule has 9 nitrogen and oxygen atoms in total. The van der Waals surface area contributed by atoms with Gasteiger partial charge in [0.2, 0.25) is 5.95 Å². The van der Waals surface area contributed by atoms with E-state index in [-0.39, 0.29) is 0 Å². The Labute approximate surface area is 175 Å². The number of piperazine rings is 1. The number of hydrogen-bond donors (Lipinski definition) is 1. The monoisotopic (exact) mass is 406 g/mol. The van der Waals surface area contributed by atoms with Crippen molar-refractivity contribution in [1.29, 1.82) is 0 Å². The number of hydrogen-bond acceptors (Lipinski definition) is 8. The van der Waals surface area contributed by atoms with Crippen LogP contribution in [0.25, 0.3) is 5.69 Å². The fourth-order valence-corrected chi connectivity index (χ4v) is 3.90. The summed E-state index contributed by atoms with van der Waals surface area (Å²) in [6.45, 7) is 8.17. The summed E-state index contributed by atoms with van der Waals surface area (Å²) in [5, 5.41) is 7.86. The van der Waals surface area contributed by atoms with Crippen LogP contribution < -0.4 is 10.2 Å². The second-order valence-corrected chi connectivity index (χ2v) is 7.69. The fourth-order valence-electron chi connectivity index (χ4n) is 3.90. The lowest BCUT2D eigenvalue weighted by Crippen LogP contribution is -2.56. The topological polar surface area (TPSA) is 84.2 Å². The number of rotatable bonds is 6. The fraction of sp³-hybridized carbons (Fsp3) is 0.429. The number of nitrogens with one attached hydrogen (secondary N) is 1. The quantitative estimate of drug-likeness (QED) is 0.664. The molecule has 2 aliphatic heterocycles. The van der Waals surface area contributed by atoms with Crippen molar-refractivity contribution in [1.82, 2.24) is 29.6 Å². The Hall–Kier alpha value is -3.04. The highest BCUT2D eigenvalue weighted by Gasteiger charge is 2.29. The summed E-state index contributed by atoms with van der Waals surface area (Å²) in [6, 6.07) is 7.26. The molecule has 0 radical (unpaired) electrons. The predicted octanol–water partition coefficient (Wildman–Crippen LogP) is 1.88. The molecule has 0 amide bonds. The lowest BCUT2D eigenvalue weighted by molar-refractivity contribution is -0.0660. The summed E-state index contributed by atoms with van der Waals surface area (Å²) in [5.41, 5.74) is 4.31. The average Bonchev–Trinajstić information content (AvgIpc) is 3.22. The van der Waals surface area contributed by atoms with Crippen molar-refractivity contribution < 1.29 is 4.74 Å². The van der Waals surface area contributed by atoms with Crippen LogP contribution in [-0.4, -0.2) is 75.1 Å². The average molecular weight is 406 g/mol. The molecule has 9 heteroatoms. The number of anilines is 3. The molecule has 5 rings (SSSR count). The van der Waals surface area contributed by atoms with E-state index in [9.17, 15) is 0 Å². The van der Waals surface area contributed by atoms with E-state index in [0.717, 1.165) is 57.2 Å². The van der Waals surface area contributed by atoms with Gasteiger partial charge in [0.1, 0.15) is 18.3 Å². The van der Waals surface area contributed by atoms with Crippen LogP contribution in [0.3, 0.4) is 0 Å². The number of nitrogens with zero attached hydrogens (tertiary/aromatic N) is 7. The summed E-state index contributed by atoms with van der Waals surface area (Å²) in [6.07, 6.45) is 7.55. The first-order valence-corrected chi connectivity index (χ1v) is 10.4. The minimum atomic E-state index is 0.549. The van der Waals surface area contributed by atoms with Crippen LogP contribution in [0.2, 0.25) is 0 Å². The summed E-state index contributed by atoms with van der Waals surface area (Å²) in [7, 11) is 0. The van der Waals surface area contributed by atoms with Crippen molar-refractivity contribution in [3.05, 3.63) is 48.8 Å². The molecule has 0 bridgehead atoms. The Kier molecular flexibility index (Phi) is 5.29. The number of aromatic nitrogens is 5. The van der Waals surface area contributed by atoms with Crippen LogP contribution in [0.15, 0.2) is 43.2 Å². The molecule has 1 aromatic carbocycles. The molecule has 2 aliphatic rings. The summed E-state index contributed by atoms with van der Waals surface area (Å²) in [4.78, 5) is 17.5. The number of benzene rings is 1. The third-order valence-electron chi connectivity index (χ3n) is 5.76. The molecule has 0 aliphatic carbocycles. The molecular formula is C21H26N8O. The molecule has 156 valence electrons. The molecule has 30 heavy (non-hydrogen) atoms. The molecule has 0 saturated carbocycles. The minimum Gasteiger partial charge on any atom is -0.378 e. The molecule has 2 saturated heterocycles. The highest BCUT2D eigenvalue weighted by Crippen LogP contribution is 2.26. The van der Waals surface area contributed by atoms with Gasteiger partial charge < -0.3 is 15.0 Å². The van der Waals surface area contributed by atoms with Gasteiger partial charge in [-0.05, 0) is 30.2 Å². The van der Waals surface area contributed by atoms with Crippen LogP contribution in [0.4, 0.5) is 17.3 Å². The Morgan fingerprint density at radius 1 is 1.03 bits per heavy atom. The van der Waals surface area contributed by atoms with E-state index >= 15 is 0 Å². The van der Waals surface area contributed by atoms with E-state index in [4.69, 9.17) is 4.74 Å². The number of aryl methyl sites for hydroxylation is 1. The lowest BCUT2D eigenvalue weighted by Gasteiger charge is -2.43. The third kappa shape index (κ3) is 3.99. The van der Waals surface area contributed by atoms with Crippen molar-refractivity contribution in [2.24, 2.45) is 0 Å². The van der Waals surface area contributed by atoms with Gasteiger partial charge in [0.15, 0.2) is 0 Å². The summed E-state index contributed by atoms with van der Waals surface area (Å²) < 4.78 is 7.01. The normalized spacial score (nSPS) is 17.7. The van der Waals surface area contributed by atoms with Gasteiger partial charge in [0.25, 0.3) is 0 Å². The maximum Gasteiger partial charge on any atom is 0.246 e. The van der Waals surface area contributed by atoms with Gasteiger partial charge in [-0.15, -0.1) is 5.10 Å². The summed E-state index contributed by atoms with van der Waals surface area (Å²) in [5.74, 6) is 0.549. The van der Waals surface area contributed by atoms with Crippen LogP contribution in [0.1, 0.15) is 12.5 Å². The van der Waals surface area contributed by atoms with Gasteiger partial charge in [-0.25, -0.2) is 14.6 Å². The second-order valence-electron chi connectivity index (χ2n) is 7.69. The zero-order valence-electron chi connectivity index (χ0n) is 17.1.